The number of ether oxygens (including phenoxy) is 5. The molecule has 2 aliphatic heterocycles. The molecule has 0 unspecified atom stereocenters. The maximum atomic E-state index is 13.2. The lowest BCUT2D eigenvalue weighted by Gasteiger charge is -2.27. The lowest BCUT2D eigenvalue weighted by Crippen LogP contribution is -2.31. The van der Waals surface area contributed by atoms with Crippen molar-refractivity contribution in [3.8, 4) is 28.7 Å². The molecular formula is C31H29ClFN3O6. The fraction of sp³-hybridized carbons (Fsp3) is 0.290. The monoisotopic (exact) mass is 593 g/mol. The van der Waals surface area contributed by atoms with E-state index in [4.69, 9.17) is 35.3 Å². The number of pyridine rings is 1. The Labute approximate surface area is 246 Å². The van der Waals surface area contributed by atoms with Gasteiger partial charge in [-0.05, 0) is 42.8 Å². The number of carbonyl (C=O) groups excluding carboxylic acids is 1. The van der Waals surface area contributed by atoms with Gasteiger partial charge in [-0.2, -0.15) is 0 Å². The number of nitrogens with one attached hydrogen (secondary N) is 2. The van der Waals surface area contributed by atoms with Crippen LogP contribution in [0.3, 0.4) is 0 Å². The lowest BCUT2D eigenvalue weighted by molar-refractivity contribution is 0.0234. The second-order valence-corrected chi connectivity index (χ2v) is 10.4. The minimum Gasteiger partial charge on any atom is -0.486 e. The molecule has 0 saturated carbocycles. The number of amides is 2. The number of hydrogen-bond donors (Lipinski definition) is 2. The first kappa shape index (κ1) is 27.9. The topological polar surface area (TPSA) is 100 Å². The molecule has 4 aromatic rings. The van der Waals surface area contributed by atoms with Gasteiger partial charge in [0.15, 0.2) is 11.5 Å². The normalized spacial score (nSPS) is 15.6. The van der Waals surface area contributed by atoms with E-state index in [0.717, 1.165) is 18.4 Å². The number of nitrogens with zero attached hydrogens (tertiary/aromatic N) is 1. The van der Waals surface area contributed by atoms with Crippen LogP contribution in [-0.4, -0.2) is 43.5 Å². The summed E-state index contributed by atoms with van der Waals surface area (Å²) in [4.78, 5) is 17.1. The van der Waals surface area contributed by atoms with Crippen molar-refractivity contribution in [2.24, 2.45) is 0 Å². The number of benzene rings is 3. The lowest BCUT2D eigenvalue weighted by atomic mass is 10.1. The fourth-order valence-corrected chi connectivity index (χ4v) is 5.12. The molecule has 1 saturated heterocycles. The minimum absolute atomic E-state index is 0.0210. The molecule has 3 heterocycles. The molecule has 11 heteroatoms. The average Bonchev–Trinajstić information content (AvgIpc) is 2.99. The first-order valence-corrected chi connectivity index (χ1v) is 14.1. The van der Waals surface area contributed by atoms with Gasteiger partial charge in [-0.3, -0.25) is 4.98 Å². The molecule has 0 bridgehead atoms. The summed E-state index contributed by atoms with van der Waals surface area (Å²) in [5.41, 5.74) is 1.80. The molecule has 42 heavy (non-hydrogen) atoms. The molecule has 9 nitrogen and oxygen atoms in total. The summed E-state index contributed by atoms with van der Waals surface area (Å²) < 4.78 is 43.3. The van der Waals surface area contributed by atoms with Crippen LogP contribution < -0.4 is 29.6 Å². The van der Waals surface area contributed by atoms with Gasteiger partial charge in [0.25, 0.3) is 0 Å². The highest BCUT2D eigenvalue weighted by Gasteiger charge is 2.27. The molecule has 2 amide bonds. The number of anilines is 1. The Morgan fingerprint density at radius 2 is 1.76 bits per heavy atom. The van der Waals surface area contributed by atoms with Crippen molar-refractivity contribution < 1.29 is 32.9 Å². The van der Waals surface area contributed by atoms with Crippen molar-refractivity contribution in [1.82, 2.24) is 10.3 Å². The predicted octanol–water partition coefficient (Wildman–Crippen LogP) is 7.03. The summed E-state index contributed by atoms with van der Waals surface area (Å²) >= 11 is 6.51. The third kappa shape index (κ3) is 6.14. The van der Waals surface area contributed by atoms with Gasteiger partial charge in [-0.25, -0.2) is 9.18 Å². The molecule has 1 atom stereocenters. The molecule has 2 aliphatic rings. The summed E-state index contributed by atoms with van der Waals surface area (Å²) in [7, 11) is 0. The Hall–Kier alpha value is -4.28. The van der Waals surface area contributed by atoms with E-state index in [2.05, 4.69) is 15.6 Å². The zero-order valence-electron chi connectivity index (χ0n) is 22.8. The van der Waals surface area contributed by atoms with Crippen LogP contribution in [0.15, 0.2) is 60.8 Å². The van der Waals surface area contributed by atoms with E-state index in [1.807, 2.05) is 6.07 Å². The number of carbonyl (C=O) groups is 1. The Morgan fingerprint density at radius 1 is 1.00 bits per heavy atom. The molecule has 6 rings (SSSR count). The van der Waals surface area contributed by atoms with Gasteiger partial charge in [-0.15, -0.1) is 0 Å². The van der Waals surface area contributed by atoms with Crippen molar-refractivity contribution in [1.29, 1.82) is 0 Å². The summed E-state index contributed by atoms with van der Waals surface area (Å²) in [5.74, 6) is 2.23. The van der Waals surface area contributed by atoms with E-state index in [1.165, 1.54) is 12.1 Å². The molecule has 3 aromatic carbocycles. The van der Waals surface area contributed by atoms with E-state index in [-0.39, 0.29) is 23.0 Å². The Morgan fingerprint density at radius 3 is 2.52 bits per heavy atom. The highest BCUT2D eigenvalue weighted by molar-refractivity contribution is 6.33. The van der Waals surface area contributed by atoms with Gasteiger partial charge in [0, 0.05) is 31.2 Å². The van der Waals surface area contributed by atoms with Crippen LogP contribution in [0.25, 0.3) is 10.9 Å². The van der Waals surface area contributed by atoms with Gasteiger partial charge in [0.05, 0.1) is 40.9 Å². The van der Waals surface area contributed by atoms with Crippen LogP contribution in [-0.2, 0) is 4.74 Å². The van der Waals surface area contributed by atoms with Gasteiger partial charge in [0.2, 0.25) is 5.75 Å². The predicted molar refractivity (Wildman–Crippen MR) is 156 cm³/mol. The van der Waals surface area contributed by atoms with Gasteiger partial charge in [-0.1, -0.05) is 23.7 Å². The van der Waals surface area contributed by atoms with Gasteiger partial charge >= 0.3 is 6.03 Å². The third-order valence-corrected chi connectivity index (χ3v) is 7.35. The number of fused-ring (bicyclic) bond motifs is 3. The molecule has 0 aliphatic carbocycles. The molecule has 0 radical (unpaired) electrons. The van der Waals surface area contributed by atoms with Crippen molar-refractivity contribution >= 4 is 34.2 Å². The maximum Gasteiger partial charge on any atom is 0.319 e. The van der Waals surface area contributed by atoms with Gasteiger partial charge in [0.1, 0.15) is 36.6 Å². The summed E-state index contributed by atoms with van der Waals surface area (Å²) in [6.07, 6.45) is 3.26. The fourth-order valence-electron chi connectivity index (χ4n) is 4.90. The van der Waals surface area contributed by atoms with Gasteiger partial charge < -0.3 is 34.3 Å². The first-order chi connectivity index (χ1) is 20.4. The quantitative estimate of drug-likeness (QED) is 0.237. The second-order valence-electron chi connectivity index (χ2n) is 9.98. The van der Waals surface area contributed by atoms with E-state index in [1.54, 1.807) is 49.5 Å². The van der Waals surface area contributed by atoms with Crippen LogP contribution in [0.1, 0.15) is 31.4 Å². The van der Waals surface area contributed by atoms with Crippen molar-refractivity contribution in [3.63, 3.8) is 0 Å². The van der Waals surface area contributed by atoms with Crippen LogP contribution in [0.5, 0.6) is 28.7 Å². The third-order valence-electron chi connectivity index (χ3n) is 7.04. The molecule has 1 fully saturated rings. The smallest absolute Gasteiger partial charge is 0.319 e. The highest BCUT2D eigenvalue weighted by atomic mass is 35.5. The number of rotatable bonds is 7. The first-order valence-electron chi connectivity index (χ1n) is 13.7. The van der Waals surface area contributed by atoms with Crippen molar-refractivity contribution in [3.05, 3.63) is 77.2 Å². The van der Waals surface area contributed by atoms with Crippen LogP contribution >= 0.6 is 11.6 Å². The Kier molecular flexibility index (Phi) is 8.16. The van der Waals surface area contributed by atoms with E-state index < -0.39 is 6.03 Å². The summed E-state index contributed by atoms with van der Waals surface area (Å²) in [5, 5.41) is 6.49. The number of hydrogen-bond acceptors (Lipinski definition) is 7. The number of aromatic nitrogens is 1. The molecule has 1 aromatic heterocycles. The maximum absolute atomic E-state index is 13.2. The minimum atomic E-state index is -0.454. The second kappa shape index (κ2) is 12.3. The Bertz CT molecular complexity index is 1600. The molecule has 0 spiro atoms. The highest BCUT2D eigenvalue weighted by Crippen LogP contribution is 2.49. The zero-order chi connectivity index (χ0) is 29.1. The largest absolute Gasteiger partial charge is 0.486 e. The van der Waals surface area contributed by atoms with Crippen LogP contribution in [0.2, 0.25) is 5.02 Å². The Balaban J connectivity index is 1.20. The van der Waals surface area contributed by atoms with E-state index in [9.17, 15) is 9.18 Å². The van der Waals surface area contributed by atoms with Crippen molar-refractivity contribution in [2.75, 3.05) is 31.7 Å². The van der Waals surface area contributed by atoms with Crippen LogP contribution in [0, 0.1) is 5.82 Å². The van der Waals surface area contributed by atoms with Crippen LogP contribution in [0.4, 0.5) is 14.9 Å². The molecule has 2 N–H and O–H groups in total. The SMILES string of the molecule is C[C@@H](NC(=O)Nc1ccc(Oc2ccnc3cc(OC4CCOCC4)c4c(c23)OCCO4)cc1Cl)c1ccc(F)cc1. The number of urea groups is 1. The summed E-state index contributed by atoms with van der Waals surface area (Å²) in [6.45, 7) is 3.90. The number of halogens is 2. The van der Waals surface area contributed by atoms with E-state index >= 15 is 0 Å². The standard InChI is InChI=1S/C31H29ClFN3O6/c1-18(19-2-4-20(33)5-3-19)35-31(37)36-24-7-6-22(16-23(24)32)42-26-8-11-34-25-17-27(41-21-9-12-38-13-10-21)29-30(28(25)26)40-15-14-39-29/h2-8,11,16-18,21H,9-10,12-15H2,1H3,(H2,35,36,37)/t18-/m1/s1. The van der Waals surface area contributed by atoms with E-state index in [0.29, 0.717) is 71.8 Å². The summed E-state index contributed by atoms with van der Waals surface area (Å²) in [6, 6.07) is 13.7. The zero-order valence-corrected chi connectivity index (χ0v) is 23.6. The van der Waals surface area contributed by atoms with Crippen molar-refractivity contribution in [2.45, 2.75) is 31.9 Å². The molecule has 218 valence electrons. The average molecular weight is 594 g/mol. The molecular weight excluding hydrogens is 565 g/mol.